The molecule has 0 atom stereocenters. The van der Waals surface area contributed by atoms with E-state index in [1.807, 2.05) is 36.1 Å². The molecule has 0 aliphatic carbocycles. The molecule has 0 spiro atoms. The standard InChI is InChI=1S/C21H21ClN6O/c1-15-2-7-18(23-14-15)24-19-8-9-20(26-25-19)27-10-12-28(13-11-27)21(29)16-3-5-17(22)6-4-16/h2-9,14H,10-13H2,1H3,(H,23,24,25). The lowest BCUT2D eigenvalue weighted by Gasteiger charge is -2.35. The fourth-order valence-corrected chi connectivity index (χ4v) is 3.27. The average molecular weight is 409 g/mol. The number of aryl methyl sites for hydroxylation is 1. The third-order valence-electron chi connectivity index (χ3n) is 4.80. The van der Waals surface area contributed by atoms with Crippen molar-refractivity contribution in [2.24, 2.45) is 0 Å². The first-order chi connectivity index (χ1) is 14.1. The number of aromatic nitrogens is 3. The van der Waals surface area contributed by atoms with Gasteiger partial charge in [0.25, 0.3) is 5.91 Å². The minimum atomic E-state index is 0.0255. The molecule has 0 saturated carbocycles. The van der Waals surface area contributed by atoms with Crippen LogP contribution in [0.2, 0.25) is 5.02 Å². The molecule has 1 N–H and O–H groups in total. The highest BCUT2D eigenvalue weighted by molar-refractivity contribution is 6.30. The molecule has 0 bridgehead atoms. The summed E-state index contributed by atoms with van der Waals surface area (Å²) in [5, 5.41) is 12.3. The molecule has 148 valence electrons. The molecule has 8 heteroatoms. The average Bonchev–Trinajstić information content (AvgIpc) is 2.76. The summed E-state index contributed by atoms with van der Waals surface area (Å²) in [6.45, 7) is 4.68. The first-order valence-corrected chi connectivity index (χ1v) is 9.79. The number of amides is 1. The van der Waals surface area contributed by atoms with Crippen molar-refractivity contribution in [2.45, 2.75) is 6.92 Å². The number of hydrogen-bond donors (Lipinski definition) is 1. The molecule has 29 heavy (non-hydrogen) atoms. The molecule has 1 aliphatic rings. The lowest BCUT2D eigenvalue weighted by Crippen LogP contribution is -2.49. The van der Waals surface area contributed by atoms with Crippen molar-refractivity contribution in [3.05, 3.63) is 70.9 Å². The number of pyridine rings is 1. The number of piperazine rings is 1. The van der Waals surface area contributed by atoms with Gasteiger partial charge < -0.3 is 15.1 Å². The van der Waals surface area contributed by atoms with Crippen LogP contribution >= 0.6 is 11.6 Å². The molecule has 1 aliphatic heterocycles. The van der Waals surface area contributed by atoms with Gasteiger partial charge in [-0.05, 0) is 55.0 Å². The van der Waals surface area contributed by atoms with Gasteiger partial charge in [0.15, 0.2) is 11.6 Å². The predicted molar refractivity (Wildman–Crippen MR) is 114 cm³/mol. The van der Waals surface area contributed by atoms with Crippen molar-refractivity contribution in [1.82, 2.24) is 20.1 Å². The Bertz CT molecular complexity index is 968. The summed E-state index contributed by atoms with van der Waals surface area (Å²) >= 11 is 5.90. The highest BCUT2D eigenvalue weighted by atomic mass is 35.5. The Morgan fingerprint density at radius 3 is 2.28 bits per heavy atom. The Kier molecular flexibility index (Phi) is 5.57. The lowest BCUT2D eigenvalue weighted by molar-refractivity contribution is 0.0746. The molecule has 1 aromatic carbocycles. The second kappa shape index (κ2) is 8.45. The van der Waals surface area contributed by atoms with E-state index in [-0.39, 0.29) is 5.91 Å². The minimum absolute atomic E-state index is 0.0255. The van der Waals surface area contributed by atoms with E-state index in [0.717, 1.165) is 17.2 Å². The second-order valence-corrected chi connectivity index (χ2v) is 7.35. The third-order valence-corrected chi connectivity index (χ3v) is 5.05. The molecule has 1 amide bonds. The van der Waals surface area contributed by atoms with Crippen molar-refractivity contribution in [3.63, 3.8) is 0 Å². The molecule has 0 radical (unpaired) electrons. The van der Waals surface area contributed by atoms with Gasteiger partial charge in [-0.2, -0.15) is 0 Å². The molecule has 2 aromatic heterocycles. The summed E-state index contributed by atoms with van der Waals surface area (Å²) in [6, 6.07) is 14.7. The predicted octanol–water partition coefficient (Wildman–Crippen LogP) is 3.54. The summed E-state index contributed by atoms with van der Waals surface area (Å²) in [5.74, 6) is 2.19. The topological polar surface area (TPSA) is 74.2 Å². The Morgan fingerprint density at radius 1 is 0.931 bits per heavy atom. The number of anilines is 3. The van der Waals surface area contributed by atoms with Gasteiger partial charge in [0, 0.05) is 43.0 Å². The van der Waals surface area contributed by atoms with E-state index >= 15 is 0 Å². The van der Waals surface area contributed by atoms with Crippen LogP contribution in [0.25, 0.3) is 0 Å². The van der Waals surface area contributed by atoms with Crippen LogP contribution in [0.5, 0.6) is 0 Å². The van der Waals surface area contributed by atoms with Crippen molar-refractivity contribution >= 4 is 35.0 Å². The maximum Gasteiger partial charge on any atom is 0.253 e. The summed E-state index contributed by atoms with van der Waals surface area (Å²) < 4.78 is 0. The van der Waals surface area contributed by atoms with E-state index < -0.39 is 0 Å². The number of carbonyl (C=O) groups is 1. The third kappa shape index (κ3) is 4.63. The smallest absolute Gasteiger partial charge is 0.253 e. The second-order valence-electron chi connectivity index (χ2n) is 6.91. The van der Waals surface area contributed by atoms with Gasteiger partial charge in [0.05, 0.1) is 0 Å². The van der Waals surface area contributed by atoms with Gasteiger partial charge in [0.1, 0.15) is 5.82 Å². The van der Waals surface area contributed by atoms with Crippen LogP contribution < -0.4 is 10.2 Å². The van der Waals surface area contributed by atoms with E-state index in [2.05, 4.69) is 25.4 Å². The molecule has 1 fully saturated rings. The Balaban J connectivity index is 1.34. The normalized spacial score (nSPS) is 14.0. The summed E-state index contributed by atoms with van der Waals surface area (Å²) in [7, 11) is 0. The number of nitrogens with one attached hydrogen (secondary N) is 1. The first kappa shape index (κ1) is 19.1. The van der Waals surface area contributed by atoms with E-state index in [4.69, 9.17) is 11.6 Å². The number of benzene rings is 1. The Labute approximate surface area is 174 Å². The van der Waals surface area contributed by atoms with Gasteiger partial charge in [-0.25, -0.2) is 4.98 Å². The molecule has 4 rings (SSSR count). The van der Waals surface area contributed by atoms with E-state index in [1.165, 1.54) is 0 Å². The Morgan fingerprint density at radius 2 is 1.66 bits per heavy atom. The number of halogens is 1. The number of nitrogens with zero attached hydrogens (tertiary/aromatic N) is 5. The summed E-state index contributed by atoms with van der Waals surface area (Å²) in [4.78, 5) is 20.9. The number of carbonyl (C=O) groups excluding carboxylic acids is 1. The van der Waals surface area contributed by atoms with Crippen LogP contribution in [0.4, 0.5) is 17.5 Å². The van der Waals surface area contributed by atoms with E-state index in [9.17, 15) is 4.79 Å². The lowest BCUT2D eigenvalue weighted by atomic mass is 10.2. The van der Waals surface area contributed by atoms with Crippen LogP contribution in [0.1, 0.15) is 15.9 Å². The van der Waals surface area contributed by atoms with Crippen molar-refractivity contribution in [2.75, 3.05) is 36.4 Å². The highest BCUT2D eigenvalue weighted by Gasteiger charge is 2.23. The molecule has 0 unspecified atom stereocenters. The highest BCUT2D eigenvalue weighted by Crippen LogP contribution is 2.18. The summed E-state index contributed by atoms with van der Waals surface area (Å²) in [5.41, 5.74) is 1.76. The van der Waals surface area contributed by atoms with Gasteiger partial charge in [-0.3, -0.25) is 4.79 Å². The maximum atomic E-state index is 12.6. The fraction of sp³-hybridized carbons (Fsp3) is 0.238. The molecule has 3 heterocycles. The maximum absolute atomic E-state index is 12.6. The first-order valence-electron chi connectivity index (χ1n) is 9.42. The fourth-order valence-electron chi connectivity index (χ4n) is 3.15. The molecule has 7 nitrogen and oxygen atoms in total. The van der Waals surface area contributed by atoms with Gasteiger partial charge in [0.2, 0.25) is 0 Å². The van der Waals surface area contributed by atoms with Crippen molar-refractivity contribution < 1.29 is 4.79 Å². The SMILES string of the molecule is Cc1ccc(Nc2ccc(N3CCN(C(=O)c4ccc(Cl)cc4)CC3)nn2)nc1. The van der Waals surface area contributed by atoms with Crippen LogP contribution in [-0.2, 0) is 0 Å². The molecular weight excluding hydrogens is 388 g/mol. The molecule has 3 aromatic rings. The van der Waals surface area contributed by atoms with Crippen molar-refractivity contribution in [3.8, 4) is 0 Å². The zero-order valence-corrected chi connectivity index (χ0v) is 16.8. The molecular formula is C21H21ClN6O. The van der Waals surface area contributed by atoms with E-state index in [1.54, 1.807) is 30.5 Å². The largest absolute Gasteiger partial charge is 0.352 e. The zero-order valence-electron chi connectivity index (χ0n) is 16.0. The number of rotatable bonds is 4. The van der Waals surface area contributed by atoms with Crippen molar-refractivity contribution in [1.29, 1.82) is 0 Å². The van der Waals surface area contributed by atoms with Gasteiger partial charge in [-0.1, -0.05) is 17.7 Å². The van der Waals surface area contributed by atoms with Crippen LogP contribution in [0.3, 0.4) is 0 Å². The minimum Gasteiger partial charge on any atom is -0.352 e. The molecule has 1 saturated heterocycles. The van der Waals surface area contributed by atoms with Crippen LogP contribution in [0.15, 0.2) is 54.7 Å². The van der Waals surface area contributed by atoms with Gasteiger partial charge in [-0.15, -0.1) is 10.2 Å². The van der Waals surface area contributed by atoms with Crippen LogP contribution in [0, 0.1) is 6.92 Å². The monoisotopic (exact) mass is 408 g/mol. The van der Waals surface area contributed by atoms with Gasteiger partial charge >= 0.3 is 0 Å². The van der Waals surface area contributed by atoms with Crippen LogP contribution in [-0.4, -0.2) is 52.2 Å². The Hall–Kier alpha value is -3.19. The number of hydrogen-bond acceptors (Lipinski definition) is 6. The van der Waals surface area contributed by atoms with E-state index in [0.29, 0.717) is 42.6 Å². The summed E-state index contributed by atoms with van der Waals surface area (Å²) in [6.07, 6.45) is 1.80. The quantitative estimate of drug-likeness (QED) is 0.711. The zero-order chi connectivity index (χ0) is 20.2.